The van der Waals surface area contributed by atoms with Crippen LogP contribution in [-0.4, -0.2) is 14.8 Å². The van der Waals surface area contributed by atoms with Crippen molar-refractivity contribution in [2.45, 2.75) is 32.7 Å². The molecule has 0 radical (unpaired) electrons. The number of nitrogens with two attached hydrogens (primary N) is 1. The number of aryl methyl sites for hydroxylation is 3. The Morgan fingerprint density at radius 3 is 2.80 bits per heavy atom. The minimum absolute atomic E-state index is 0.0180. The molecular formula is C14H20ClN5. The van der Waals surface area contributed by atoms with Crippen molar-refractivity contribution in [1.82, 2.24) is 20.2 Å². The summed E-state index contributed by atoms with van der Waals surface area (Å²) in [4.78, 5) is 4.11. The third-order valence-corrected chi connectivity index (χ3v) is 3.98. The van der Waals surface area contributed by atoms with E-state index < -0.39 is 0 Å². The van der Waals surface area contributed by atoms with E-state index in [1.54, 1.807) is 6.20 Å². The molecule has 1 atom stereocenters. The van der Waals surface area contributed by atoms with Crippen molar-refractivity contribution < 1.29 is 0 Å². The van der Waals surface area contributed by atoms with Crippen molar-refractivity contribution in [3.05, 3.63) is 46.0 Å². The topological polar surface area (TPSA) is 68.8 Å². The molecule has 0 bridgehead atoms. The van der Waals surface area contributed by atoms with Crippen LogP contribution in [0.15, 0.2) is 18.5 Å². The van der Waals surface area contributed by atoms with Crippen LogP contribution in [0, 0.1) is 6.92 Å². The fraction of sp³-hybridized carbons (Fsp3) is 0.429. The third kappa shape index (κ3) is 2.85. The van der Waals surface area contributed by atoms with Gasteiger partial charge in [-0.05, 0) is 30.5 Å². The normalized spacial score (nSPS) is 12.7. The fourth-order valence-corrected chi connectivity index (χ4v) is 2.74. The van der Waals surface area contributed by atoms with Gasteiger partial charge >= 0.3 is 0 Å². The lowest BCUT2D eigenvalue weighted by atomic mass is 9.99. The standard InChI is InChI=1S/C14H20ClN5/c1-4-11-14(15)13(20(3)19-11)7-12(18-16)10-5-6-17-8-9(10)2/h5-6,8,12,18H,4,7,16H2,1-3H3. The van der Waals surface area contributed by atoms with Crippen molar-refractivity contribution in [2.75, 3.05) is 0 Å². The first-order valence-corrected chi connectivity index (χ1v) is 7.03. The lowest BCUT2D eigenvalue weighted by molar-refractivity contribution is 0.527. The summed E-state index contributed by atoms with van der Waals surface area (Å²) in [5.41, 5.74) is 7.00. The zero-order valence-corrected chi connectivity index (χ0v) is 12.8. The molecule has 5 nitrogen and oxygen atoms in total. The van der Waals surface area contributed by atoms with Crippen molar-refractivity contribution in [3.8, 4) is 0 Å². The molecule has 0 aromatic carbocycles. The highest BCUT2D eigenvalue weighted by molar-refractivity contribution is 6.31. The molecule has 6 heteroatoms. The molecular weight excluding hydrogens is 274 g/mol. The zero-order chi connectivity index (χ0) is 14.7. The number of halogens is 1. The van der Waals surface area contributed by atoms with Crippen LogP contribution in [-0.2, 0) is 19.9 Å². The van der Waals surface area contributed by atoms with Crippen molar-refractivity contribution in [3.63, 3.8) is 0 Å². The molecule has 0 amide bonds. The Hall–Kier alpha value is -1.43. The molecule has 0 aliphatic heterocycles. The second-order valence-corrected chi connectivity index (χ2v) is 5.22. The molecule has 2 heterocycles. The van der Waals surface area contributed by atoms with Gasteiger partial charge in [0.1, 0.15) is 0 Å². The van der Waals surface area contributed by atoms with Gasteiger partial charge in [-0.1, -0.05) is 18.5 Å². The van der Waals surface area contributed by atoms with Crippen LogP contribution in [0.5, 0.6) is 0 Å². The van der Waals surface area contributed by atoms with E-state index in [0.717, 1.165) is 34.0 Å². The van der Waals surface area contributed by atoms with E-state index in [1.807, 2.05) is 37.8 Å². The first-order chi connectivity index (χ1) is 9.58. The van der Waals surface area contributed by atoms with E-state index in [-0.39, 0.29) is 6.04 Å². The Kier molecular flexibility index (Phi) is 4.75. The first kappa shape index (κ1) is 15.0. The molecule has 2 rings (SSSR count). The van der Waals surface area contributed by atoms with Crippen LogP contribution >= 0.6 is 11.6 Å². The number of nitrogens with zero attached hydrogens (tertiary/aromatic N) is 3. The van der Waals surface area contributed by atoms with Gasteiger partial charge in [-0.3, -0.25) is 20.9 Å². The minimum atomic E-state index is -0.0180. The van der Waals surface area contributed by atoms with E-state index >= 15 is 0 Å². The summed E-state index contributed by atoms with van der Waals surface area (Å²) in [5, 5.41) is 5.17. The maximum absolute atomic E-state index is 6.39. The summed E-state index contributed by atoms with van der Waals surface area (Å²) < 4.78 is 1.84. The van der Waals surface area contributed by atoms with Gasteiger partial charge in [0, 0.05) is 25.9 Å². The average Bonchev–Trinajstić information content (AvgIpc) is 2.72. The highest BCUT2D eigenvalue weighted by atomic mass is 35.5. The molecule has 1 unspecified atom stereocenters. The predicted molar refractivity (Wildman–Crippen MR) is 80.3 cm³/mol. The summed E-state index contributed by atoms with van der Waals surface area (Å²) in [6.07, 6.45) is 5.11. The maximum Gasteiger partial charge on any atom is 0.0850 e. The molecule has 3 N–H and O–H groups in total. The van der Waals surface area contributed by atoms with Gasteiger partial charge in [0.25, 0.3) is 0 Å². The van der Waals surface area contributed by atoms with E-state index in [4.69, 9.17) is 17.4 Å². The van der Waals surface area contributed by atoms with Crippen LogP contribution in [0.2, 0.25) is 5.02 Å². The molecule has 2 aromatic heterocycles. The van der Waals surface area contributed by atoms with Crippen molar-refractivity contribution in [1.29, 1.82) is 0 Å². The Bertz CT molecular complexity index is 593. The fourth-order valence-electron chi connectivity index (χ4n) is 2.37. The quantitative estimate of drug-likeness (QED) is 0.654. The van der Waals surface area contributed by atoms with Gasteiger partial charge in [0.2, 0.25) is 0 Å². The third-order valence-electron chi connectivity index (χ3n) is 3.54. The first-order valence-electron chi connectivity index (χ1n) is 6.65. The second kappa shape index (κ2) is 6.35. The highest BCUT2D eigenvalue weighted by Crippen LogP contribution is 2.27. The lowest BCUT2D eigenvalue weighted by Gasteiger charge is -2.18. The number of nitrogens with one attached hydrogen (secondary N) is 1. The maximum atomic E-state index is 6.39. The molecule has 0 aliphatic carbocycles. The highest BCUT2D eigenvalue weighted by Gasteiger charge is 2.19. The molecule has 20 heavy (non-hydrogen) atoms. The summed E-state index contributed by atoms with van der Waals surface area (Å²) in [7, 11) is 1.91. The van der Waals surface area contributed by atoms with Crippen molar-refractivity contribution >= 4 is 11.6 Å². The second-order valence-electron chi connectivity index (χ2n) is 4.84. The van der Waals surface area contributed by atoms with Gasteiger partial charge in [-0.15, -0.1) is 0 Å². The van der Waals surface area contributed by atoms with Crippen LogP contribution in [0.3, 0.4) is 0 Å². The van der Waals surface area contributed by atoms with Crippen LogP contribution in [0.1, 0.15) is 35.5 Å². The summed E-state index contributed by atoms with van der Waals surface area (Å²) in [6, 6.07) is 1.96. The molecule has 0 saturated heterocycles. The number of hydrogen-bond acceptors (Lipinski definition) is 4. The van der Waals surface area contributed by atoms with Crippen LogP contribution < -0.4 is 11.3 Å². The molecule has 0 fully saturated rings. The predicted octanol–water partition coefficient (Wildman–Crippen LogP) is 2.09. The van der Waals surface area contributed by atoms with Gasteiger partial charge in [0.15, 0.2) is 0 Å². The Balaban J connectivity index is 2.32. The Morgan fingerprint density at radius 2 is 2.25 bits per heavy atom. The number of hydrazine groups is 1. The summed E-state index contributed by atoms with van der Waals surface area (Å²) >= 11 is 6.39. The largest absolute Gasteiger partial charge is 0.271 e. The minimum Gasteiger partial charge on any atom is -0.271 e. The lowest BCUT2D eigenvalue weighted by Crippen LogP contribution is -2.30. The van der Waals surface area contributed by atoms with Gasteiger partial charge in [0.05, 0.1) is 22.5 Å². The number of pyridine rings is 1. The smallest absolute Gasteiger partial charge is 0.0850 e. The summed E-state index contributed by atoms with van der Waals surface area (Å²) in [6.45, 7) is 4.07. The molecule has 0 saturated carbocycles. The summed E-state index contributed by atoms with van der Waals surface area (Å²) in [5.74, 6) is 5.72. The van der Waals surface area contributed by atoms with E-state index in [0.29, 0.717) is 6.42 Å². The SMILES string of the molecule is CCc1nn(C)c(CC(NN)c2ccncc2C)c1Cl. The molecule has 2 aromatic rings. The van der Waals surface area contributed by atoms with Crippen LogP contribution in [0.4, 0.5) is 0 Å². The molecule has 0 spiro atoms. The molecule has 0 aliphatic rings. The average molecular weight is 294 g/mol. The van der Waals surface area contributed by atoms with E-state index in [9.17, 15) is 0 Å². The number of hydrogen-bond donors (Lipinski definition) is 2. The van der Waals surface area contributed by atoms with Crippen molar-refractivity contribution in [2.24, 2.45) is 12.9 Å². The van der Waals surface area contributed by atoms with Gasteiger partial charge in [-0.25, -0.2) is 0 Å². The van der Waals surface area contributed by atoms with E-state index in [1.165, 1.54) is 0 Å². The monoisotopic (exact) mass is 293 g/mol. The number of rotatable bonds is 5. The van der Waals surface area contributed by atoms with Crippen LogP contribution in [0.25, 0.3) is 0 Å². The van der Waals surface area contributed by atoms with E-state index in [2.05, 4.69) is 15.5 Å². The van der Waals surface area contributed by atoms with Gasteiger partial charge < -0.3 is 0 Å². The van der Waals surface area contributed by atoms with Gasteiger partial charge in [-0.2, -0.15) is 5.10 Å². The number of aromatic nitrogens is 3. The Labute approximate surface area is 124 Å². The zero-order valence-electron chi connectivity index (χ0n) is 12.0. The Morgan fingerprint density at radius 1 is 1.50 bits per heavy atom. The molecule has 108 valence electrons.